The number of aromatic hydroxyl groups is 1. The van der Waals surface area contributed by atoms with E-state index in [1.54, 1.807) is 12.1 Å². The number of nitro groups is 1. The van der Waals surface area contributed by atoms with Crippen molar-refractivity contribution in [3.8, 4) is 17.6 Å². The molecule has 0 saturated heterocycles. The van der Waals surface area contributed by atoms with Gasteiger partial charge >= 0.3 is 0 Å². The van der Waals surface area contributed by atoms with Crippen LogP contribution in [-0.2, 0) is 4.79 Å². The Bertz CT molecular complexity index is 950. The summed E-state index contributed by atoms with van der Waals surface area (Å²) >= 11 is 5.92. The van der Waals surface area contributed by atoms with Crippen LogP contribution in [0.3, 0.4) is 0 Å². The zero-order valence-corrected chi connectivity index (χ0v) is 14.1. The summed E-state index contributed by atoms with van der Waals surface area (Å²) in [6.07, 6.45) is 1.17. The van der Waals surface area contributed by atoms with Crippen molar-refractivity contribution >= 4 is 35.0 Å². The number of carbonyl (C=O) groups excluding carboxylic acids is 1. The van der Waals surface area contributed by atoms with Crippen molar-refractivity contribution < 1.29 is 19.6 Å². The molecule has 0 fully saturated rings. The van der Waals surface area contributed by atoms with Gasteiger partial charge in [0.2, 0.25) is 0 Å². The van der Waals surface area contributed by atoms with Gasteiger partial charge in [-0.05, 0) is 18.2 Å². The van der Waals surface area contributed by atoms with Crippen LogP contribution in [0.5, 0.6) is 11.5 Å². The summed E-state index contributed by atoms with van der Waals surface area (Å²) in [5, 5.41) is 32.5. The van der Waals surface area contributed by atoms with E-state index in [2.05, 4.69) is 5.32 Å². The van der Waals surface area contributed by atoms with E-state index in [4.69, 9.17) is 16.3 Å². The number of ether oxygens (including phenoxy) is 1. The molecule has 0 atom stereocenters. The maximum absolute atomic E-state index is 12.3. The Kier molecular flexibility index (Phi) is 5.78. The van der Waals surface area contributed by atoms with E-state index in [9.17, 15) is 25.3 Å². The molecular weight excluding hydrogens is 362 g/mol. The molecule has 0 aliphatic carbocycles. The summed E-state index contributed by atoms with van der Waals surface area (Å²) < 4.78 is 4.96. The topological polar surface area (TPSA) is 125 Å². The van der Waals surface area contributed by atoms with Gasteiger partial charge in [-0.15, -0.1) is 0 Å². The number of non-ortho nitro benzene ring substituents is 1. The standard InChI is InChI=1S/C17H12ClN3O5/c1-26-15-4-2-3-10(16(15)22)7-11(9-19)17(23)20-14-8-12(21(24)25)5-6-13(14)18/h2-8,22H,1H3,(H,20,23). The van der Waals surface area contributed by atoms with Crippen LogP contribution in [0.4, 0.5) is 11.4 Å². The molecule has 8 nitrogen and oxygen atoms in total. The molecule has 0 aliphatic heterocycles. The smallest absolute Gasteiger partial charge is 0.271 e. The monoisotopic (exact) mass is 373 g/mol. The molecule has 0 aliphatic rings. The fraction of sp³-hybridized carbons (Fsp3) is 0.0588. The highest BCUT2D eigenvalue weighted by atomic mass is 35.5. The maximum atomic E-state index is 12.3. The quantitative estimate of drug-likeness (QED) is 0.357. The minimum atomic E-state index is -0.836. The predicted octanol–water partition coefficient (Wildman–Crippen LogP) is 3.51. The maximum Gasteiger partial charge on any atom is 0.271 e. The molecule has 2 aromatic carbocycles. The van der Waals surface area contributed by atoms with E-state index in [-0.39, 0.29) is 39.0 Å². The second-order valence-corrected chi connectivity index (χ2v) is 5.35. The molecule has 0 spiro atoms. The number of nitrogens with one attached hydrogen (secondary N) is 1. The third kappa shape index (κ3) is 4.09. The molecule has 0 unspecified atom stereocenters. The predicted molar refractivity (Wildman–Crippen MR) is 95.0 cm³/mol. The average Bonchev–Trinajstić information content (AvgIpc) is 2.62. The van der Waals surface area contributed by atoms with Gasteiger partial charge in [-0.3, -0.25) is 14.9 Å². The number of amides is 1. The second-order valence-electron chi connectivity index (χ2n) is 4.94. The van der Waals surface area contributed by atoms with E-state index in [0.29, 0.717) is 0 Å². The minimum absolute atomic E-state index is 0.0121. The van der Waals surface area contributed by atoms with Crippen LogP contribution in [0.2, 0.25) is 5.02 Å². The van der Waals surface area contributed by atoms with E-state index >= 15 is 0 Å². The Morgan fingerprint density at radius 1 is 1.42 bits per heavy atom. The minimum Gasteiger partial charge on any atom is -0.504 e. The van der Waals surface area contributed by atoms with Crippen molar-refractivity contribution in [2.75, 3.05) is 12.4 Å². The molecule has 0 bridgehead atoms. The highest BCUT2D eigenvalue weighted by Gasteiger charge is 2.16. The number of carbonyl (C=O) groups is 1. The molecule has 2 rings (SSSR count). The zero-order chi connectivity index (χ0) is 19.3. The molecule has 132 valence electrons. The molecule has 2 aromatic rings. The Balaban J connectivity index is 2.35. The zero-order valence-electron chi connectivity index (χ0n) is 13.4. The fourth-order valence-corrected chi connectivity index (χ4v) is 2.20. The Morgan fingerprint density at radius 2 is 2.15 bits per heavy atom. The van der Waals surface area contributed by atoms with Gasteiger partial charge in [0.1, 0.15) is 11.6 Å². The number of methoxy groups -OCH3 is 1. The number of nitrogens with zero attached hydrogens (tertiary/aromatic N) is 2. The molecule has 26 heavy (non-hydrogen) atoms. The van der Waals surface area contributed by atoms with Crippen LogP contribution in [0.1, 0.15) is 5.56 Å². The normalized spacial score (nSPS) is 10.7. The number of rotatable bonds is 5. The number of nitro benzene ring substituents is 1. The van der Waals surface area contributed by atoms with Gasteiger partial charge < -0.3 is 15.2 Å². The summed E-state index contributed by atoms with van der Waals surface area (Å²) in [4.78, 5) is 22.5. The number of benzene rings is 2. The van der Waals surface area contributed by atoms with Crippen LogP contribution in [0.15, 0.2) is 42.0 Å². The Hall–Kier alpha value is -3.57. The first-order chi connectivity index (χ1) is 12.4. The van der Waals surface area contributed by atoms with Crippen LogP contribution >= 0.6 is 11.6 Å². The van der Waals surface area contributed by atoms with Gasteiger partial charge in [0.25, 0.3) is 11.6 Å². The highest BCUT2D eigenvalue weighted by Crippen LogP contribution is 2.31. The highest BCUT2D eigenvalue weighted by molar-refractivity contribution is 6.34. The Morgan fingerprint density at radius 3 is 2.77 bits per heavy atom. The van der Waals surface area contributed by atoms with Gasteiger partial charge in [0.15, 0.2) is 11.5 Å². The summed E-state index contributed by atoms with van der Waals surface area (Å²) in [5.41, 5.74) is -0.420. The summed E-state index contributed by atoms with van der Waals surface area (Å²) in [6.45, 7) is 0. The van der Waals surface area contributed by atoms with E-state index in [1.165, 1.54) is 37.5 Å². The lowest BCUT2D eigenvalue weighted by atomic mass is 10.1. The molecule has 2 N–H and O–H groups in total. The Labute approximate surface area is 153 Å². The third-order valence-corrected chi connectivity index (χ3v) is 3.65. The SMILES string of the molecule is COc1cccc(C=C(C#N)C(=O)Nc2cc([N+](=O)[O-])ccc2Cl)c1O. The molecular formula is C17H12ClN3O5. The largest absolute Gasteiger partial charge is 0.504 e. The van der Waals surface area contributed by atoms with Crippen LogP contribution in [0.25, 0.3) is 6.08 Å². The van der Waals surface area contributed by atoms with Crippen molar-refractivity contribution in [2.45, 2.75) is 0 Å². The number of phenols is 1. The van der Waals surface area contributed by atoms with Crippen molar-refractivity contribution in [2.24, 2.45) is 0 Å². The number of hydrogen-bond donors (Lipinski definition) is 2. The van der Waals surface area contributed by atoms with Crippen LogP contribution in [0, 0.1) is 21.4 Å². The van der Waals surface area contributed by atoms with Gasteiger partial charge in [-0.1, -0.05) is 23.7 Å². The van der Waals surface area contributed by atoms with Gasteiger partial charge in [0, 0.05) is 17.7 Å². The first-order valence-corrected chi connectivity index (χ1v) is 7.48. The average molecular weight is 374 g/mol. The first-order valence-electron chi connectivity index (χ1n) is 7.10. The van der Waals surface area contributed by atoms with Gasteiger partial charge in [0.05, 0.1) is 22.7 Å². The van der Waals surface area contributed by atoms with Crippen molar-refractivity contribution in [1.29, 1.82) is 5.26 Å². The molecule has 0 radical (unpaired) electrons. The lowest BCUT2D eigenvalue weighted by molar-refractivity contribution is -0.384. The van der Waals surface area contributed by atoms with Gasteiger partial charge in [-0.25, -0.2) is 0 Å². The van der Waals surface area contributed by atoms with Crippen molar-refractivity contribution in [3.05, 3.63) is 62.7 Å². The van der Waals surface area contributed by atoms with E-state index < -0.39 is 10.8 Å². The molecule has 1 amide bonds. The van der Waals surface area contributed by atoms with E-state index in [1.807, 2.05) is 0 Å². The molecule has 0 saturated carbocycles. The number of phenolic OH excluding ortho intramolecular Hbond substituents is 1. The van der Waals surface area contributed by atoms with Gasteiger partial charge in [-0.2, -0.15) is 5.26 Å². The third-order valence-electron chi connectivity index (χ3n) is 3.32. The number of anilines is 1. The molecule has 9 heteroatoms. The number of para-hydroxylation sites is 1. The number of halogens is 1. The number of hydrogen-bond acceptors (Lipinski definition) is 6. The summed E-state index contributed by atoms with van der Waals surface area (Å²) in [5.74, 6) is -0.890. The number of nitriles is 1. The molecule has 0 heterocycles. The van der Waals surface area contributed by atoms with E-state index in [0.717, 1.165) is 6.07 Å². The molecule has 0 aromatic heterocycles. The van der Waals surface area contributed by atoms with Crippen molar-refractivity contribution in [1.82, 2.24) is 0 Å². The van der Waals surface area contributed by atoms with Crippen LogP contribution in [-0.4, -0.2) is 23.0 Å². The lowest BCUT2D eigenvalue weighted by Gasteiger charge is -2.08. The first kappa shape index (κ1) is 18.8. The fourth-order valence-electron chi connectivity index (χ4n) is 2.04. The summed E-state index contributed by atoms with van der Waals surface area (Å²) in [6, 6.07) is 9.83. The van der Waals surface area contributed by atoms with Crippen molar-refractivity contribution in [3.63, 3.8) is 0 Å². The lowest BCUT2D eigenvalue weighted by Crippen LogP contribution is -2.14. The summed E-state index contributed by atoms with van der Waals surface area (Å²) in [7, 11) is 1.37. The van der Waals surface area contributed by atoms with Crippen LogP contribution < -0.4 is 10.1 Å². The second kappa shape index (κ2) is 8.00.